The Morgan fingerprint density at radius 2 is 2.15 bits per heavy atom. The number of carbonyl (C=O) groups excluding carboxylic acids is 1. The zero-order valence-electron chi connectivity index (χ0n) is 11.2. The zero-order valence-corrected chi connectivity index (χ0v) is 11.2. The van der Waals surface area contributed by atoms with Crippen molar-refractivity contribution in [2.45, 2.75) is 13.1 Å². The van der Waals surface area contributed by atoms with Gasteiger partial charge in [-0.2, -0.15) is 0 Å². The first-order valence-electron chi connectivity index (χ1n) is 6.20. The fourth-order valence-electron chi connectivity index (χ4n) is 1.68. The largest absolute Gasteiger partial charge is 0.497 e. The van der Waals surface area contributed by atoms with Gasteiger partial charge in [0.1, 0.15) is 11.4 Å². The third-order valence-electron chi connectivity index (χ3n) is 2.74. The predicted molar refractivity (Wildman–Crippen MR) is 73.0 cm³/mol. The molecule has 1 heterocycles. The molecule has 3 N–H and O–H groups in total. The van der Waals surface area contributed by atoms with Crippen molar-refractivity contribution in [2.24, 2.45) is 5.73 Å². The molecule has 0 spiro atoms. The Morgan fingerprint density at radius 1 is 1.40 bits per heavy atom. The molecule has 0 aliphatic carbocycles. The van der Waals surface area contributed by atoms with E-state index < -0.39 is 0 Å². The second-order valence-corrected chi connectivity index (χ2v) is 4.24. The van der Waals surface area contributed by atoms with Crippen molar-refractivity contribution < 1.29 is 9.53 Å². The molecule has 0 saturated heterocycles. The number of amides is 1. The van der Waals surface area contributed by atoms with E-state index in [1.165, 1.54) is 0 Å². The van der Waals surface area contributed by atoms with Gasteiger partial charge in [0.05, 0.1) is 32.9 Å². The maximum absolute atomic E-state index is 11.0. The maximum atomic E-state index is 11.0. The van der Waals surface area contributed by atoms with E-state index in [-0.39, 0.29) is 12.5 Å². The van der Waals surface area contributed by atoms with E-state index in [4.69, 9.17) is 10.5 Å². The summed E-state index contributed by atoms with van der Waals surface area (Å²) in [6.45, 7) is 0.917. The number of nitrogens with zero attached hydrogens (tertiary/aromatic N) is 3. The summed E-state index contributed by atoms with van der Waals surface area (Å²) in [7, 11) is 1.63. The number of rotatable bonds is 6. The lowest BCUT2D eigenvalue weighted by molar-refractivity contribution is -0.119. The lowest BCUT2D eigenvalue weighted by Gasteiger charge is -2.03. The Bertz CT molecular complexity index is 564. The molecule has 0 unspecified atom stereocenters. The summed E-state index contributed by atoms with van der Waals surface area (Å²) in [6, 6.07) is 7.73. The van der Waals surface area contributed by atoms with Crippen LogP contribution >= 0.6 is 0 Å². The minimum absolute atomic E-state index is 0.0278. The molecule has 106 valence electrons. The van der Waals surface area contributed by atoms with Crippen LogP contribution in [0.2, 0.25) is 0 Å². The normalized spacial score (nSPS) is 10.3. The number of benzene rings is 1. The summed E-state index contributed by atoms with van der Waals surface area (Å²) >= 11 is 0. The summed E-state index contributed by atoms with van der Waals surface area (Å²) in [5.74, 6) is 0.604. The van der Waals surface area contributed by atoms with Gasteiger partial charge in [0.15, 0.2) is 0 Å². The number of methoxy groups -OCH3 is 1. The molecule has 0 bridgehead atoms. The van der Waals surface area contributed by atoms with Gasteiger partial charge in [-0.1, -0.05) is 17.3 Å². The van der Waals surface area contributed by atoms with Crippen molar-refractivity contribution in [3.63, 3.8) is 0 Å². The first kappa shape index (κ1) is 14.0. The van der Waals surface area contributed by atoms with Crippen molar-refractivity contribution in [1.82, 2.24) is 20.3 Å². The number of aromatic nitrogens is 3. The highest BCUT2D eigenvalue weighted by Gasteiger charge is 2.03. The highest BCUT2D eigenvalue weighted by Crippen LogP contribution is 2.12. The first-order chi connectivity index (χ1) is 9.71. The van der Waals surface area contributed by atoms with Crippen LogP contribution in [0.25, 0.3) is 0 Å². The van der Waals surface area contributed by atoms with E-state index in [9.17, 15) is 4.79 Å². The minimum atomic E-state index is -0.213. The molecule has 1 aromatic heterocycles. The van der Waals surface area contributed by atoms with Crippen LogP contribution in [0.15, 0.2) is 30.5 Å². The second kappa shape index (κ2) is 6.67. The van der Waals surface area contributed by atoms with Crippen LogP contribution in [0.3, 0.4) is 0 Å². The fourth-order valence-corrected chi connectivity index (χ4v) is 1.68. The van der Waals surface area contributed by atoms with Crippen LogP contribution in [-0.4, -0.2) is 34.6 Å². The lowest BCUT2D eigenvalue weighted by atomic mass is 10.2. The van der Waals surface area contributed by atoms with E-state index in [2.05, 4.69) is 15.6 Å². The van der Waals surface area contributed by atoms with Crippen molar-refractivity contribution in [3.8, 4) is 5.75 Å². The Balaban J connectivity index is 1.93. The average Bonchev–Trinajstić information content (AvgIpc) is 2.93. The predicted octanol–water partition coefficient (Wildman–Crippen LogP) is -0.0901. The van der Waals surface area contributed by atoms with E-state index in [0.29, 0.717) is 18.8 Å². The SMILES string of the molecule is COc1ccc(Cn2cc(CNC(=O)CN)nn2)cc1. The van der Waals surface area contributed by atoms with Crippen LogP contribution in [-0.2, 0) is 17.9 Å². The molecule has 20 heavy (non-hydrogen) atoms. The molecular weight excluding hydrogens is 258 g/mol. The number of hydrogen-bond acceptors (Lipinski definition) is 5. The highest BCUT2D eigenvalue weighted by molar-refractivity contribution is 5.77. The van der Waals surface area contributed by atoms with Gasteiger partial charge in [-0.05, 0) is 17.7 Å². The standard InChI is InChI=1S/C13H17N5O2/c1-20-12-4-2-10(3-5-12)8-18-9-11(16-17-18)7-15-13(19)6-14/h2-5,9H,6-8,14H2,1H3,(H,15,19). The summed E-state index contributed by atoms with van der Waals surface area (Å²) in [5, 5.41) is 10.6. The molecule has 0 saturated carbocycles. The number of ether oxygens (including phenoxy) is 1. The van der Waals surface area contributed by atoms with Crippen LogP contribution in [0, 0.1) is 0 Å². The average molecular weight is 275 g/mol. The minimum Gasteiger partial charge on any atom is -0.497 e. The third-order valence-corrected chi connectivity index (χ3v) is 2.74. The van der Waals surface area contributed by atoms with Crippen molar-refractivity contribution in [2.75, 3.05) is 13.7 Å². The molecule has 0 radical (unpaired) electrons. The Labute approximate surface area is 116 Å². The van der Waals surface area contributed by atoms with Crippen molar-refractivity contribution in [3.05, 3.63) is 41.7 Å². The molecule has 1 aromatic carbocycles. The molecule has 7 heteroatoms. The number of carbonyl (C=O) groups is 1. The lowest BCUT2D eigenvalue weighted by Crippen LogP contribution is -2.29. The van der Waals surface area contributed by atoms with Gasteiger partial charge in [-0.25, -0.2) is 4.68 Å². The van der Waals surface area contributed by atoms with Crippen LogP contribution in [0.5, 0.6) is 5.75 Å². The zero-order chi connectivity index (χ0) is 14.4. The molecule has 0 aliphatic heterocycles. The van der Waals surface area contributed by atoms with Gasteiger partial charge in [-0.3, -0.25) is 4.79 Å². The van der Waals surface area contributed by atoms with Crippen LogP contribution in [0.4, 0.5) is 0 Å². The second-order valence-electron chi connectivity index (χ2n) is 4.24. The van der Waals surface area contributed by atoms with Gasteiger partial charge < -0.3 is 15.8 Å². The molecule has 7 nitrogen and oxygen atoms in total. The van der Waals surface area contributed by atoms with E-state index in [1.807, 2.05) is 24.3 Å². The number of hydrogen-bond donors (Lipinski definition) is 2. The Morgan fingerprint density at radius 3 is 2.80 bits per heavy atom. The Hall–Kier alpha value is -2.41. The number of nitrogens with two attached hydrogens (primary N) is 1. The summed E-state index contributed by atoms with van der Waals surface area (Å²) in [4.78, 5) is 11.0. The monoisotopic (exact) mass is 275 g/mol. The van der Waals surface area contributed by atoms with Gasteiger partial charge in [0.2, 0.25) is 5.91 Å². The fraction of sp³-hybridized carbons (Fsp3) is 0.308. The van der Waals surface area contributed by atoms with Crippen molar-refractivity contribution >= 4 is 5.91 Å². The van der Waals surface area contributed by atoms with Gasteiger partial charge in [0, 0.05) is 0 Å². The quantitative estimate of drug-likeness (QED) is 0.768. The Kier molecular flexibility index (Phi) is 4.67. The third kappa shape index (κ3) is 3.79. The van der Waals surface area contributed by atoms with Crippen LogP contribution < -0.4 is 15.8 Å². The molecular formula is C13H17N5O2. The van der Waals surface area contributed by atoms with E-state index >= 15 is 0 Å². The van der Waals surface area contributed by atoms with Crippen molar-refractivity contribution in [1.29, 1.82) is 0 Å². The summed E-state index contributed by atoms with van der Waals surface area (Å²) in [6.07, 6.45) is 1.79. The smallest absolute Gasteiger partial charge is 0.234 e. The topological polar surface area (TPSA) is 95.1 Å². The highest BCUT2D eigenvalue weighted by atomic mass is 16.5. The number of nitrogens with one attached hydrogen (secondary N) is 1. The molecule has 0 fully saturated rings. The molecule has 0 atom stereocenters. The maximum Gasteiger partial charge on any atom is 0.234 e. The molecule has 0 aliphatic rings. The van der Waals surface area contributed by atoms with Gasteiger partial charge >= 0.3 is 0 Å². The summed E-state index contributed by atoms with van der Waals surface area (Å²) in [5.41, 5.74) is 6.99. The van der Waals surface area contributed by atoms with Gasteiger partial charge in [-0.15, -0.1) is 5.10 Å². The van der Waals surface area contributed by atoms with Crippen LogP contribution in [0.1, 0.15) is 11.3 Å². The first-order valence-corrected chi connectivity index (χ1v) is 6.20. The van der Waals surface area contributed by atoms with E-state index in [1.54, 1.807) is 18.0 Å². The molecule has 2 rings (SSSR count). The van der Waals surface area contributed by atoms with Gasteiger partial charge in [0.25, 0.3) is 0 Å². The van der Waals surface area contributed by atoms with E-state index in [0.717, 1.165) is 11.3 Å². The molecule has 1 amide bonds. The molecule has 2 aromatic rings. The summed E-state index contributed by atoms with van der Waals surface area (Å²) < 4.78 is 6.82.